The van der Waals surface area contributed by atoms with E-state index >= 15 is 0 Å². The van der Waals surface area contributed by atoms with Crippen molar-refractivity contribution in [3.63, 3.8) is 0 Å². The summed E-state index contributed by atoms with van der Waals surface area (Å²) in [6, 6.07) is 3.94. The molecule has 3 aromatic heterocycles. The molecule has 18 heteroatoms. The Balaban J connectivity index is 1.85. The highest BCUT2D eigenvalue weighted by Gasteiger charge is 2.24. The van der Waals surface area contributed by atoms with Crippen molar-refractivity contribution in [2.24, 2.45) is 19.1 Å². The fraction of sp³-hybridized carbons (Fsp3) is 0.321. The quantitative estimate of drug-likeness (QED) is 0.182. The summed E-state index contributed by atoms with van der Waals surface area (Å²) >= 11 is 6.53. The summed E-state index contributed by atoms with van der Waals surface area (Å²) in [6.07, 6.45) is -0.178. The molecule has 0 amide bonds. The number of halogens is 4. The van der Waals surface area contributed by atoms with Gasteiger partial charge in [-0.2, -0.15) is 10.2 Å². The largest absolute Gasteiger partial charge is 0.510 e. The van der Waals surface area contributed by atoms with Gasteiger partial charge in [-0.1, -0.05) is 11.6 Å². The van der Waals surface area contributed by atoms with Gasteiger partial charge in [0.15, 0.2) is 23.7 Å². The summed E-state index contributed by atoms with van der Waals surface area (Å²) in [5.41, 5.74) is -2.43. The second kappa shape index (κ2) is 12.7. The number of fused-ring (bicyclic) bond motifs is 1. The Kier molecular flexibility index (Phi) is 8.87. The predicted octanol–water partition coefficient (Wildman–Crippen LogP) is 3.31. The molecule has 0 aliphatic carbocycles. The molecule has 0 bridgehead atoms. The van der Waals surface area contributed by atoms with E-state index < -0.39 is 71.6 Å². The van der Waals surface area contributed by atoms with Crippen molar-refractivity contribution in [3.05, 3.63) is 97.2 Å². The van der Waals surface area contributed by atoms with Crippen LogP contribution in [-0.4, -0.2) is 50.5 Å². The number of aryl methyl sites for hydroxylation is 2. The van der Waals surface area contributed by atoms with Crippen molar-refractivity contribution in [1.82, 2.24) is 38.2 Å². The molecule has 0 saturated heterocycles. The summed E-state index contributed by atoms with van der Waals surface area (Å²) in [6.45, 7) is 3.26. The van der Waals surface area contributed by atoms with Gasteiger partial charge in [-0.15, -0.1) is 0 Å². The van der Waals surface area contributed by atoms with Crippen LogP contribution in [0, 0.1) is 17.5 Å². The van der Waals surface area contributed by atoms with Gasteiger partial charge in [0, 0.05) is 37.3 Å². The van der Waals surface area contributed by atoms with E-state index in [-0.39, 0.29) is 16.5 Å². The molecule has 1 atom stereocenters. The molecule has 0 aliphatic heterocycles. The van der Waals surface area contributed by atoms with Gasteiger partial charge in [-0.05, 0) is 39.0 Å². The van der Waals surface area contributed by atoms with Crippen LogP contribution in [0.1, 0.15) is 38.4 Å². The van der Waals surface area contributed by atoms with Crippen LogP contribution >= 0.6 is 11.6 Å². The first kappa shape index (κ1) is 32.2. The Labute approximate surface area is 262 Å². The minimum absolute atomic E-state index is 0.0512. The lowest BCUT2D eigenvalue weighted by molar-refractivity contribution is -0.0145. The highest BCUT2D eigenvalue weighted by atomic mass is 35.5. The van der Waals surface area contributed by atoms with Gasteiger partial charge in [-0.3, -0.25) is 13.9 Å². The summed E-state index contributed by atoms with van der Waals surface area (Å²) in [4.78, 5) is 49.2. The van der Waals surface area contributed by atoms with Gasteiger partial charge in [-0.25, -0.2) is 46.7 Å². The number of rotatable bonds is 8. The lowest BCUT2D eigenvalue weighted by Gasteiger charge is -2.21. The topological polar surface area (TPSA) is 145 Å². The number of carbonyl (C=O) groups is 1. The van der Waals surface area contributed by atoms with Crippen LogP contribution in [-0.2, 0) is 36.7 Å². The molecular weight excluding hydrogens is 635 g/mol. The first-order valence-corrected chi connectivity index (χ1v) is 14.1. The third-order valence-corrected chi connectivity index (χ3v) is 6.89. The van der Waals surface area contributed by atoms with E-state index in [1.165, 1.54) is 34.7 Å². The third kappa shape index (κ3) is 6.58. The maximum Gasteiger partial charge on any atom is 0.510 e. The Morgan fingerprint density at radius 2 is 1.63 bits per heavy atom. The molecule has 0 radical (unpaired) electrons. The van der Waals surface area contributed by atoms with Crippen molar-refractivity contribution in [3.8, 4) is 0 Å². The van der Waals surface area contributed by atoms with Crippen LogP contribution in [0.15, 0.2) is 51.4 Å². The minimum atomic E-state index is -1.48. The zero-order chi connectivity index (χ0) is 33.4. The van der Waals surface area contributed by atoms with E-state index in [0.29, 0.717) is 27.6 Å². The molecule has 2 aromatic carbocycles. The molecule has 0 aliphatic rings. The van der Waals surface area contributed by atoms with Crippen molar-refractivity contribution in [2.75, 3.05) is 0 Å². The zero-order valence-corrected chi connectivity index (χ0v) is 25.9. The van der Waals surface area contributed by atoms with Crippen LogP contribution in [0.3, 0.4) is 0 Å². The number of benzene rings is 2. The lowest BCUT2D eigenvalue weighted by Crippen LogP contribution is -2.56. The predicted molar refractivity (Wildman–Crippen MR) is 157 cm³/mol. The van der Waals surface area contributed by atoms with Crippen LogP contribution in [0.4, 0.5) is 23.7 Å². The second-order valence-corrected chi connectivity index (χ2v) is 10.9. The lowest BCUT2D eigenvalue weighted by atomic mass is 10.2. The third-order valence-electron chi connectivity index (χ3n) is 6.59. The molecule has 0 saturated carbocycles. The molecular formula is C28H27ClF3N9O5. The van der Waals surface area contributed by atoms with Gasteiger partial charge in [0.2, 0.25) is 5.62 Å². The SMILES string of the molecule is CC(C)OC(=O)OC(C)n1c(=O)n(Cc2ncn(C)n2)c(=O)n(Cc2cc(F)c(F)cc2F)/c1=N\c1cc2cn(C)nc2cc1Cl. The van der Waals surface area contributed by atoms with Crippen LogP contribution in [0.2, 0.25) is 5.02 Å². The highest BCUT2D eigenvalue weighted by Crippen LogP contribution is 2.29. The second-order valence-electron chi connectivity index (χ2n) is 10.5. The number of carbonyl (C=O) groups excluding carboxylic acids is 1. The molecule has 0 fully saturated rings. The Morgan fingerprint density at radius 1 is 0.913 bits per heavy atom. The standard InChI is InChI=1S/C28H27ClF3N9O5/c1-14(2)45-28(44)46-15(3)41-25(34-23-7-17-10-37(4)35-22(17)8-18(23)29)39(11-16-6-20(31)21(32)9-19(16)30)26(42)40(27(41)43)12-24-33-13-38(5)36-24/h6-10,13-15H,11-12H2,1-5H3/b34-25+. The molecule has 5 rings (SSSR count). The fourth-order valence-corrected chi connectivity index (χ4v) is 4.78. The van der Waals surface area contributed by atoms with E-state index in [4.69, 9.17) is 21.1 Å². The molecule has 3 heterocycles. The monoisotopic (exact) mass is 661 g/mol. The van der Waals surface area contributed by atoms with Gasteiger partial charge >= 0.3 is 17.5 Å². The summed E-state index contributed by atoms with van der Waals surface area (Å²) in [7, 11) is 3.27. The van der Waals surface area contributed by atoms with E-state index in [1.54, 1.807) is 34.1 Å². The number of aromatic nitrogens is 8. The number of ether oxygens (including phenoxy) is 2. The molecule has 0 spiro atoms. The van der Waals surface area contributed by atoms with Crippen LogP contribution in [0.5, 0.6) is 0 Å². The molecule has 46 heavy (non-hydrogen) atoms. The highest BCUT2D eigenvalue weighted by molar-refractivity contribution is 6.33. The van der Waals surface area contributed by atoms with Crippen molar-refractivity contribution >= 4 is 34.3 Å². The molecule has 14 nitrogen and oxygen atoms in total. The maximum absolute atomic E-state index is 15.0. The van der Waals surface area contributed by atoms with Crippen molar-refractivity contribution in [1.29, 1.82) is 0 Å². The smallest absolute Gasteiger partial charge is 0.432 e. The first-order valence-electron chi connectivity index (χ1n) is 13.7. The minimum Gasteiger partial charge on any atom is -0.432 e. The molecule has 242 valence electrons. The summed E-state index contributed by atoms with van der Waals surface area (Å²) in [5, 5.41) is 9.05. The number of hydrogen-bond donors (Lipinski definition) is 0. The summed E-state index contributed by atoms with van der Waals surface area (Å²) < 4.78 is 58.7. The fourth-order valence-electron chi connectivity index (χ4n) is 4.58. The van der Waals surface area contributed by atoms with Crippen LogP contribution in [0.25, 0.3) is 10.9 Å². The van der Waals surface area contributed by atoms with Gasteiger partial charge in [0.05, 0.1) is 35.4 Å². The Bertz CT molecular complexity index is 2170. The average molecular weight is 662 g/mol. The maximum atomic E-state index is 15.0. The number of hydrogen-bond acceptors (Lipinski definition) is 9. The normalized spacial score (nSPS) is 12.7. The van der Waals surface area contributed by atoms with Gasteiger partial charge in [0.1, 0.15) is 12.1 Å². The summed E-state index contributed by atoms with van der Waals surface area (Å²) in [5.74, 6) is -3.93. The zero-order valence-electron chi connectivity index (χ0n) is 25.1. The first-order chi connectivity index (χ1) is 21.7. The Hall–Kier alpha value is -5.19. The molecule has 1 unspecified atom stereocenters. The van der Waals surface area contributed by atoms with Crippen molar-refractivity contribution < 1.29 is 27.4 Å². The Morgan fingerprint density at radius 3 is 2.30 bits per heavy atom. The van der Waals surface area contributed by atoms with Crippen LogP contribution < -0.4 is 17.0 Å². The average Bonchev–Trinajstić information content (AvgIpc) is 3.54. The van der Waals surface area contributed by atoms with Gasteiger partial charge < -0.3 is 9.47 Å². The number of nitrogens with zero attached hydrogens (tertiary/aromatic N) is 9. The van der Waals surface area contributed by atoms with E-state index in [9.17, 15) is 27.6 Å². The van der Waals surface area contributed by atoms with Gasteiger partial charge in [0.25, 0.3) is 0 Å². The van der Waals surface area contributed by atoms with E-state index in [2.05, 4.69) is 20.2 Å². The molecule has 5 aromatic rings. The molecule has 0 N–H and O–H groups in total. The van der Waals surface area contributed by atoms with E-state index in [0.717, 1.165) is 9.13 Å². The van der Waals surface area contributed by atoms with Crippen molar-refractivity contribution in [2.45, 2.75) is 46.2 Å². The van der Waals surface area contributed by atoms with E-state index in [1.807, 2.05) is 0 Å².